The minimum absolute atomic E-state index is 0.0460. The zero-order valence-electron chi connectivity index (χ0n) is 21.8. The van der Waals surface area contributed by atoms with Gasteiger partial charge in [-0.3, -0.25) is 19.7 Å². The van der Waals surface area contributed by atoms with E-state index < -0.39 is 22.8 Å². The number of rotatable bonds is 8. The predicted molar refractivity (Wildman–Crippen MR) is 152 cm³/mol. The van der Waals surface area contributed by atoms with Gasteiger partial charge in [0.1, 0.15) is 23.7 Å². The molecule has 1 heterocycles. The number of methoxy groups -OCH3 is 1. The van der Waals surface area contributed by atoms with Crippen LogP contribution >= 0.6 is 0 Å². The molecule has 0 aromatic heterocycles. The standard InChI is InChI=1S/C31H23N3O7/c1-40-26-17-14-22(28(19-26)41-20-21-12-15-25(16-13-21)34(38)39)18-27-29(35)32(23-8-4-2-5-9-23)31(37)33(30(27)36)24-10-6-3-7-11-24/h2-19H,20H2,1H3. The van der Waals surface area contributed by atoms with Crippen molar-refractivity contribution >= 4 is 41.0 Å². The Morgan fingerprint density at radius 2 is 1.34 bits per heavy atom. The third-order valence-electron chi connectivity index (χ3n) is 6.34. The predicted octanol–water partition coefficient (Wildman–Crippen LogP) is 5.77. The fraction of sp³-hybridized carbons (Fsp3) is 0.0645. The summed E-state index contributed by atoms with van der Waals surface area (Å²) in [6.45, 7) is 0.0496. The number of urea groups is 1. The molecule has 0 bridgehead atoms. The molecule has 10 heteroatoms. The number of barbiturate groups is 1. The Morgan fingerprint density at radius 3 is 1.85 bits per heavy atom. The van der Waals surface area contributed by atoms with Crippen LogP contribution in [0.4, 0.5) is 21.9 Å². The zero-order chi connectivity index (χ0) is 28.9. The Bertz CT molecular complexity index is 1590. The summed E-state index contributed by atoms with van der Waals surface area (Å²) < 4.78 is 11.3. The van der Waals surface area contributed by atoms with Crippen LogP contribution in [0.5, 0.6) is 11.5 Å². The van der Waals surface area contributed by atoms with E-state index in [1.165, 1.54) is 25.3 Å². The van der Waals surface area contributed by atoms with Crippen molar-refractivity contribution in [3.05, 3.63) is 130 Å². The van der Waals surface area contributed by atoms with Crippen molar-refractivity contribution in [1.82, 2.24) is 0 Å². The zero-order valence-corrected chi connectivity index (χ0v) is 21.8. The van der Waals surface area contributed by atoms with E-state index in [9.17, 15) is 24.5 Å². The molecule has 10 nitrogen and oxygen atoms in total. The first-order valence-electron chi connectivity index (χ1n) is 12.5. The first-order valence-corrected chi connectivity index (χ1v) is 12.5. The molecule has 0 N–H and O–H groups in total. The highest BCUT2D eigenvalue weighted by atomic mass is 16.6. The average Bonchev–Trinajstić information content (AvgIpc) is 3.00. The molecular formula is C31H23N3O7. The second-order valence-electron chi connectivity index (χ2n) is 8.91. The molecule has 41 heavy (non-hydrogen) atoms. The summed E-state index contributed by atoms with van der Waals surface area (Å²) in [6, 6.07) is 26.7. The van der Waals surface area contributed by atoms with Gasteiger partial charge in [0.25, 0.3) is 17.5 Å². The molecule has 0 spiro atoms. The largest absolute Gasteiger partial charge is 0.497 e. The maximum absolute atomic E-state index is 13.7. The van der Waals surface area contributed by atoms with E-state index in [1.807, 2.05) is 0 Å². The van der Waals surface area contributed by atoms with Crippen LogP contribution in [0.25, 0.3) is 6.08 Å². The van der Waals surface area contributed by atoms with Crippen molar-refractivity contribution in [2.45, 2.75) is 6.61 Å². The number of para-hydroxylation sites is 2. The van der Waals surface area contributed by atoms with Crippen molar-refractivity contribution in [3.63, 3.8) is 0 Å². The lowest BCUT2D eigenvalue weighted by molar-refractivity contribution is -0.384. The molecule has 204 valence electrons. The van der Waals surface area contributed by atoms with E-state index in [4.69, 9.17) is 9.47 Å². The van der Waals surface area contributed by atoms with Crippen LogP contribution < -0.4 is 19.3 Å². The molecule has 1 aliphatic heterocycles. The van der Waals surface area contributed by atoms with Gasteiger partial charge >= 0.3 is 6.03 Å². The monoisotopic (exact) mass is 549 g/mol. The van der Waals surface area contributed by atoms with Crippen LogP contribution in [0, 0.1) is 10.1 Å². The molecule has 1 saturated heterocycles. The summed E-state index contributed by atoms with van der Waals surface area (Å²) in [7, 11) is 1.49. The third kappa shape index (κ3) is 5.52. The summed E-state index contributed by atoms with van der Waals surface area (Å²) >= 11 is 0. The first kappa shape index (κ1) is 26.8. The number of benzene rings is 4. The van der Waals surface area contributed by atoms with Gasteiger partial charge in [-0.1, -0.05) is 36.4 Å². The number of non-ortho nitro benzene ring substituents is 1. The Kier molecular flexibility index (Phi) is 7.55. The second kappa shape index (κ2) is 11.5. The number of nitrogens with zero attached hydrogens (tertiary/aromatic N) is 3. The van der Waals surface area contributed by atoms with Gasteiger partial charge in [0.2, 0.25) is 0 Å². The molecule has 1 aliphatic rings. The molecule has 0 unspecified atom stereocenters. The lowest BCUT2D eigenvalue weighted by Gasteiger charge is -2.34. The van der Waals surface area contributed by atoms with Crippen LogP contribution in [0.3, 0.4) is 0 Å². The number of imide groups is 2. The fourth-order valence-corrected chi connectivity index (χ4v) is 4.26. The van der Waals surface area contributed by atoms with Gasteiger partial charge in [0, 0.05) is 23.8 Å². The van der Waals surface area contributed by atoms with Crippen LogP contribution in [0.1, 0.15) is 11.1 Å². The van der Waals surface area contributed by atoms with Crippen molar-refractivity contribution < 1.29 is 28.8 Å². The minimum atomic E-state index is -0.793. The van der Waals surface area contributed by atoms with Gasteiger partial charge in [-0.15, -0.1) is 0 Å². The van der Waals surface area contributed by atoms with Gasteiger partial charge in [-0.25, -0.2) is 14.6 Å². The lowest BCUT2D eigenvalue weighted by Crippen LogP contribution is -2.57. The van der Waals surface area contributed by atoms with Gasteiger partial charge in [0.15, 0.2) is 0 Å². The molecule has 1 fully saturated rings. The SMILES string of the molecule is COc1ccc(C=C2C(=O)N(c3ccccc3)C(=O)N(c3ccccc3)C2=O)c(OCc2ccc([N+](=O)[O-])cc2)c1. The topological polar surface area (TPSA) is 119 Å². The number of hydrogen-bond acceptors (Lipinski definition) is 7. The van der Waals surface area contributed by atoms with E-state index in [0.717, 1.165) is 9.80 Å². The number of amides is 4. The second-order valence-corrected chi connectivity index (χ2v) is 8.91. The summed E-state index contributed by atoms with van der Waals surface area (Å²) in [4.78, 5) is 53.3. The number of nitro benzene ring substituents is 1. The van der Waals surface area contributed by atoms with Crippen molar-refractivity contribution in [2.75, 3.05) is 16.9 Å². The van der Waals surface area contributed by atoms with E-state index in [2.05, 4.69) is 0 Å². The Labute approximate surface area is 234 Å². The van der Waals surface area contributed by atoms with Gasteiger partial charge in [-0.05, 0) is 60.2 Å². The van der Waals surface area contributed by atoms with Gasteiger partial charge in [-0.2, -0.15) is 0 Å². The maximum atomic E-state index is 13.7. The highest BCUT2D eigenvalue weighted by molar-refractivity contribution is 6.46. The number of ether oxygens (including phenoxy) is 2. The summed E-state index contributed by atoms with van der Waals surface area (Å²) in [5.41, 5.74) is 1.38. The summed E-state index contributed by atoms with van der Waals surface area (Å²) in [5.74, 6) is -0.796. The van der Waals surface area contributed by atoms with Gasteiger partial charge in [0.05, 0.1) is 23.4 Å². The molecule has 0 radical (unpaired) electrons. The number of hydrogen-bond donors (Lipinski definition) is 0. The molecular weight excluding hydrogens is 526 g/mol. The van der Waals surface area contributed by atoms with Crippen LogP contribution in [0.15, 0.2) is 109 Å². The molecule has 0 atom stereocenters. The Hall–Kier alpha value is -5.77. The third-order valence-corrected chi connectivity index (χ3v) is 6.34. The summed E-state index contributed by atoms with van der Waals surface area (Å²) in [6.07, 6.45) is 1.38. The van der Waals surface area contributed by atoms with E-state index >= 15 is 0 Å². The number of nitro groups is 1. The lowest BCUT2D eigenvalue weighted by atomic mass is 10.0. The molecule has 5 rings (SSSR count). The number of carbonyl (C=O) groups is 3. The van der Waals surface area contributed by atoms with Crippen molar-refractivity contribution in [3.8, 4) is 11.5 Å². The first-order chi connectivity index (χ1) is 19.9. The molecule has 4 amide bonds. The van der Waals surface area contributed by atoms with Crippen molar-refractivity contribution in [2.24, 2.45) is 0 Å². The smallest absolute Gasteiger partial charge is 0.343 e. The van der Waals surface area contributed by atoms with E-state index in [0.29, 0.717) is 34.0 Å². The number of anilines is 2. The number of carbonyl (C=O) groups excluding carboxylic acids is 3. The normalized spacial score (nSPS) is 13.3. The molecule has 0 aliphatic carbocycles. The van der Waals surface area contributed by atoms with E-state index in [1.54, 1.807) is 91.0 Å². The maximum Gasteiger partial charge on any atom is 0.343 e. The average molecular weight is 550 g/mol. The molecule has 4 aromatic rings. The van der Waals surface area contributed by atoms with Gasteiger partial charge < -0.3 is 9.47 Å². The van der Waals surface area contributed by atoms with Crippen molar-refractivity contribution in [1.29, 1.82) is 0 Å². The highest BCUT2D eigenvalue weighted by Gasteiger charge is 2.43. The van der Waals surface area contributed by atoms with Crippen LogP contribution in [0.2, 0.25) is 0 Å². The Morgan fingerprint density at radius 1 is 0.780 bits per heavy atom. The minimum Gasteiger partial charge on any atom is -0.497 e. The van der Waals surface area contributed by atoms with Crippen LogP contribution in [-0.4, -0.2) is 29.9 Å². The quantitative estimate of drug-likeness (QED) is 0.119. The highest BCUT2D eigenvalue weighted by Crippen LogP contribution is 2.33. The van der Waals surface area contributed by atoms with E-state index in [-0.39, 0.29) is 17.9 Å². The molecule has 0 saturated carbocycles. The summed E-state index contributed by atoms with van der Waals surface area (Å²) in [5, 5.41) is 11.0. The fourth-order valence-electron chi connectivity index (χ4n) is 4.26. The van der Waals surface area contributed by atoms with Crippen LogP contribution in [-0.2, 0) is 16.2 Å². The molecule has 4 aromatic carbocycles. The Balaban J connectivity index is 1.55.